The number of fused-ring (bicyclic) bond motifs is 1. The summed E-state index contributed by atoms with van der Waals surface area (Å²) in [5.41, 5.74) is 6.50. The van der Waals surface area contributed by atoms with Crippen LogP contribution < -0.4 is 4.74 Å². The minimum Gasteiger partial charge on any atom is -0.493 e. The highest BCUT2D eigenvalue weighted by molar-refractivity contribution is 5.76. The quantitative estimate of drug-likeness (QED) is 0.432. The molecule has 0 radical (unpaired) electrons. The first-order valence-corrected chi connectivity index (χ1v) is 11.7. The summed E-state index contributed by atoms with van der Waals surface area (Å²) in [5, 5.41) is 22.3. The summed E-state index contributed by atoms with van der Waals surface area (Å²) < 4.78 is 7.27. The molecule has 2 N–H and O–H groups in total. The predicted octanol–water partition coefficient (Wildman–Crippen LogP) is 4.09. The van der Waals surface area contributed by atoms with Crippen LogP contribution in [0.3, 0.4) is 0 Å². The summed E-state index contributed by atoms with van der Waals surface area (Å²) in [6.07, 6.45) is 3.46. The van der Waals surface area contributed by atoms with E-state index in [0.29, 0.717) is 23.9 Å². The van der Waals surface area contributed by atoms with E-state index in [1.165, 1.54) is 11.9 Å². The minimum absolute atomic E-state index is 0.267. The molecule has 1 aliphatic heterocycles. The van der Waals surface area contributed by atoms with Crippen molar-refractivity contribution in [1.82, 2.24) is 29.7 Å². The molecule has 34 heavy (non-hydrogen) atoms. The molecule has 8 heteroatoms. The maximum absolute atomic E-state index is 10.0. The van der Waals surface area contributed by atoms with Crippen molar-refractivity contribution in [2.24, 2.45) is 0 Å². The molecule has 5 rings (SSSR count). The summed E-state index contributed by atoms with van der Waals surface area (Å²) >= 11 is 0. The van der Waals surface area contributed by atoms with Crippen LogP contribution in [-0.4, -0.2) is 67.1 Å². The van der Waals surface area contributed by atoms with Crippen molar-refractivity contribution >= 4 is 5.65 Å². The van der Waals surface area contributed by atoms with E-state index in [2.05, 4.69) is 58.2 Å². The molecule has 0 saturated carbocycles. The smallest absolute Gasteiger partial charge is 0.197 e. The number of methoxy groups -OCH3 is 1. The molecule has 0 unspecified atom stereocenters. The SMILES string of the molecule is COc1cc(-c2n[nH]c(-c3ccc(C4CN(CC(C)(C)O)C4)cc3)c2C(C)C)cn2ncnc12. The summed E-state index contributed by atoms with van der Waals surface area (Å²) in [5.74, 6) is 1.45. The first-order valence-electron chi connectivity index (χ1n) is 11.7. The van der Waals surface area contributed by atoms with E-state index in [1.807, 2.05) is 26.1 Å². The number of nitrogens with zero attached hydrogens (tertiary/aromatic N) is 5. The van der Waals surface area contributed by atoms with Crippen molar-refractivity contribution in [2.45, 2.75) is 45.1 Å². The number of pyridine rings is 1. The van der Waals surface area contributed by atoms with Crippen LogP contribution in [0.2, 0.25) is 0 Å². The summed E-state index contributed by atoms with van der Waals surface area (Å²) in [6.45, 7) is 10.8. The van der Waals surface area contributed by atoms with E-state index in [4.69, 9.17) is 9.84 Å². The topological polar surface area (TPSA) is 91.6 Å². The monoisotopic (exact) mass is 460 g/mol. The lowest BCUT2D eigenvalue weighted by atomic mass is 9.88. The Morgan fingerprint density at radius 2 is 1.91 bits per heavy atom. The zero-order chi connectivity index (χ0) is 24.0. The second kappa shape index (κ2) is 8.52. The van der Waals surface area contributed by atoms with Crippen LogP contribution in [0.5, 0.6) is 5.75 Å². The number of β-amino-alcohol motifs (C(OH)–C–C–N with tert-alkyl or cyclic N) is 1. The summed E-state index contributed by atoms with van der Waals surface area (Å²) in [7, 11) is 1.64. The minimum atomic E-state index is -0.650. The Kier molecular flexibility index (Phi) is 5.65. The molecule has 0 atom stereocenters. The second-order valence-corrected chi connectivity index (χ2v) is 10.2. The third kappa shape index (κ3) is 4.19. The van der Waals surface area contributed by atoms with Crippen LogP contribution in [0.4, 0.5) is 0 Å². The molecule has 3 aromatic heterocycles. The van der Waals surface area contributed by atoms with Gasteiger partial charge >= 0.3 is 0 Å². The average molecular weight is 461 g/mol. The van der Waals surface area contributed by atoms with Gasteiger partial charge in [-0.25, -0.2) is 9.50 Å². The lowest BCUT2D eigenvalue weighted by Crippen LogP contribution is -2.50. The molecule has 8 nitrogen and oxygen atoms in total. The number of H-pyrrole nitrogens is 1. The Morgan fingerprint density at radius 3 is 2.56 bits per heavy atom. The number of nitrogens with one attached hydrogen (secondary N) is 1. The van der Waals surface area contributed by atoms with Gasteiger partial charge in [0, 0.05) is 42.9 Å². The van der Waals surface area contributed by atoms with E-state index in [0.717, 1.165) is 41.2 Å². The maximum atomic E-state index is 10.0. The molecule has 0 spiro atoms. The van der Waals surface area contributed by atoms with E-state index in [-0.39, 0.29) is 5.92 Å². The molecule has 4 aromatic rings. The van der Waals surface area contributed by atoms with E-state index < -0.39 is 5.60 Å². The zero-order valence-electron chi connectivity index (χ0n) is 20.4. The fraction of sp³-hybridized carbons (Fsp3) is 0.423. The summed E-state index contributed by atoms with van der Waals surface area (Å²) in [4.78, 5) is 6.58. The highest BCUT2D eigenvalue weighted by Crippen LogP contribution is 2.38. The van der Waals surface area contributed by atoms with Crippen molar-refractivity contribution in [3.8, 4) is 28.3 Å². The summed E-state index contributed by atoms with van der Waals surface area (Å²) in [6, 6.07) is 10.8. The molecule has 1 aromatic carbocycles. The number of hydrogen-bond acceptors (Lipinski definition) is 6. The Balaban J connectivity index is 1.42. The van der Waals surface area contributed by atoms with Crippen molar-refractivity contribution < 1.29 is 9.84 Å². The van der Waals surface area contributed by atoms with Crippen molar-refractivity contribution in [2.75, 3.05) is 26.7 Å². The van der Waals surface area contributed by atoms with Gasteiger partial charge in [-0.1, -0.05) is 38.1 Å². The number of benzene rings is 1. The molecule has 0 amide bonds. The fourth-order valence-electron chi connectivity index (χ4n) is 4.91. The Labute approximate surface area is 199 Å². The van der Waals surface area contributed by atoms with Gasteiger partial charge in [-0.05, 0) is 37.0 Å². The van der Waals surface area contributed by atoms with Gasteiger partial charge < -0.3 is 9.84 Å². The number of rotatable bonds is 7. The van der Waals surface area contributed by atoms with E-state index >= 15 is 0 Å². The van der Waals surface area contributed by atoms with Gasteiger partial charge in [-0.3, -0.25) is 10.00 Å². The highest BCUT2D eigenvalue weighted by atomic mass is 16.5. The average Bonchev–Trinajstić information content (AvgIpc) is 3.42. The Bertz CT molecular complexity index is 1290. The molecular formula is C26H32N6O2. The fourth-order valence-corrected chi connectivity index (χ4v) is 4.91. The lowest BCUT2D eigenvalue weighted by Gasteiger charge is -2.42. The van der Waals surface area contributed by atoms with Gasteiger partial charge in [0.15, 0.2) is 11.4 Å². The van der Waals surface area contributed by atoms with Crippen molar-refractivity contribution in [1.29, 1.82) is 0 Å². The van der Waals surface area contributed by atoms with Crippen LogP contribution in [0.1, 0.15) is 50.7 Å². The number of likely N-dealkylation sites (tertiary alicyclic amines) is 1. The highest BCUT2D eigenvalue weighted by Gasteiger charge is 2.31. The number of aliphatic hydroxyl groups is 1. The van der Waals surface area contributed by atoms with Crippen LogP contribution in [0.15, 0.2) is 42.9 Å². The van der Waals surface area contributed by atoms with E-state index in [1.54, 1.807) is 11.6 Å². The first kappa shape index (κ1) is 22.6. The third-order valence-electron chi connectivity index (χ3n) is 6.45. The zero-order valence-corrected chi connectivity index (χ0v) is 20.4. The van der Waals surface area contributed by atoms with Gasteiger partial charge in [-0.2, -0.15) is 10.2 Å². The largest absolute Gasteiger partial charge is 0.493 e. The first-order chi connectivity index (χ1) is 16.2. The van der Waals surface area contributed by atoms with Gasteiger partial charge in [0.2, 0.25) is 0 Å². The third-order valence-corrected chi connectivity index (χ3v) is 6.45. The Morgan fingerprint density at radius 1 is 1.18 bits per heavy atom. The molecule has 0 aliphatic carbocycles. The molecule has 0 bridgehead atoms. The molecule has 1 fully saturated rings. The van der Waals surface area contributed by atoms with Crippen LogP contribution in [0, 0.1) is 0 Å². The second-order valence-electron chi connectivity index (χ2n) is 10.2. The number of hydrogen-bond donors (Lipinski definition) is 2. The standard InChI is InChI=1S/C26H32N6O2/c1-16(2)22-23(18-8-6-17(7-9-18)20-11-31(12-20)14-26(3,4)33)29-30-24(22)19-10-21(34-5)25-27-15-28-32(25)13-19/h6-10,13,15-16,20,33H,11-12,14H2,1-5H3,(H,29,30). The van der Waals surface area contributed by atoms with Crippen LogP contribution in [0.25, 0.3) is 28.2 Å². The number of ether oxygens (including phenoxy) is 1. The normalized spacial score (nSPS) is 15.3. The number of aromatic amines is 1. The van der Waals surface area contributed by atoms with Crippen molar-refractivity contribution in [3.63, 3.8) is 0 Å². The van der Waals surface area contributed by atoms with Crippen LogP contribution in [-0.2, 0) is 0 Å². The van der Waals surface area contributed by atoms with Gasteiger partial charge in [0.05, 0.1) is 24.1 Å². The van der Waals surface area contributed by atoms with Crippen LogP contribution >= 0.6 is 0 Å². The molecule has 4 heterocycles. The molecular weight excluding hydrogens is 428 g/mol. The Hall–Kier alpha value is -3.23. The molecule has 178 valence electrons. The number of aromatic nitrogens is 5. The van der Waals surface area contributed by atoms with Gasteiger partial charge in [-0.15, -0.1) is 0 Å². The lowest BCUT2D eigenvalue weighted by molar-refractivity contribution is 0.00736. The van der Waals surface area contributed by atoms with Gasteiger partial charge in [0.1, 0.15) is 6.33 Å². The molecule has 1 aliphatic rings. The maximum Gasteiger partial charge on any atom is 0.197 e. The van der Waals surface area contributed by atoms with Crippen molar-refractivity contribution in [3.05, 3.63) is 54.0 Å². The predicted molar refractivity (Wildman–Crippen MR) is 132 cm³/mol. The van der Waals surface area contributed by atoms with Gasteiger partial charge in [0.25, 0.3) is 0 Å². The molecule has 1 saturated heterocycles. The van der Waals surface area contributed by atoms with E-state index in [9.17, 15) is 5.11 Å².